The van der Waals surface area contributed by atoms with Crippen molar-refractivity contribution < 1.29 is 19.1 Å². The van der Waals surface area contributed by atoms with Gasteiger partial charge in [-0.05, 0) is 53.7 Å². The van der Waals surface area contributed by atoms with E-state index in [1.165, 1.54) is 18.4 Å². The van der Waals surface area contributed by atoms with Gasteiger partial charge in [-0.2, -0.15) is 0 Å². The van der Waals surface area contributed by atoms with Crippen LogP contribution in [-0.2, 0) is 20.7 Å². The van der Waals surface area contributed by atoms with Crippen LogP contribution in [0.2, 0.25) is 0 Å². The number of esters is 1. The lowest BCUT2D eigenvalue weighted by Gasteiger charge is -2.22. The summed E-state index contributed by atoms with van der Waals surface area (Å²) in [6.45, 7) is 5.28. The molecule has 0 aliphatic heterocycles. The third kappa shape index (κ3) is 5.92. The highest BCUT2D eigenvalue weighted by Crippen LogP contribution is 2.22. The largest absolute Gasteiger partial charge is 0.467 e. The van der Waals surface area contributed by atoms with E-state index >= 15 is 0 Å². The van der Waals surface area contributed by atoms with Crippen LogP contribution in [0.4, 0.5) is 4.79 Å². The van der Waals surface area contributed by atoms with Crippen LogP contribution < -0.4 is 5.32 Å². The fourth-order valence-electron chi connectivity index (χ4n) is 1.47. The van der Waals surface area contributed by atoms with Gasteiger partial charge in [-0.25, -0.2) is 9.59 Å². The highest BCUT2D eigenvalue weighted by atomic mass is 79.9. The molecule has 0 aliphatic carbocycles. The minimum Gasteiger partial charge on any atom is -0.467 e. The van der Waals surface area contributed by atoms with Crippen molar-refractivity contribution in [2.24, 2.45) is 0 Å². The average Bonchev–Trinajstić information content (AvgIpc) is 2.70. The van der Waals surface area contributed by atoms with Gasteiger partial charge in [0.05, 0.1) is 10.9 Å². The molecule has 0 unspecified atom stereocenters. The maximum absolute atomic E-state index is 11.7. The van der Waals surface area contributed by atoms with Gasteiger partial charge in [0.25, 0.3) is 0 Å². The Morgan fingerprint density at radius 3 is 2.55 bits per heavy atom. The van der Waals surface area contributed by atoms with Gasteiger partial charge < -0.3 is 14.8 Å². The fraction of sp³-hybridized carbons (Fsp3) is 0.538. The molecule has 5 nitrogen and oxygen atoms in total. The number of carbonyl (C=O) groups is 2. The van der Waals surface area contributed by atoms with Crippen LogP contribution in [0.25, 0.3) is 0 Å². The van der Waals surface area contributed by atoms with Gasteiger partial charge in [-0.1, -0.05) is 0 Å². The topological polar surface area (TPSA) is 64.6 Å². The van der Waals surface area contributed by atoms with E-state index in [-0.39, 0.29) is 0 Å². The molecule has 0 spiro atoms. The van der Waals surface area contributed by atoms with Crippen LogP contribution in [0.3, 0.4) is 0 Å². The van der Waals surface area contributed by atoms with E-state index in [4.69, 9.17) is 9.47 Å². The summed E-state index contributed by atoms with van der Waals surface area (Å²) in [5, 5.41) is 4.45. The predicted octanol–water partition coefficient (Wildman–Crippen LogP) is 3.12. The minimum atomic E-state index is -0.767. The number of carbonyl (C=O) groups excluding carboxylic acids is 2. The number of hydrogen-bond donors (Lipinski definition) is 1. The van der Waals surface area contributed by atoms with Crippen molar-refractivity contribution in [2.45, 2.75) is 38.8 Å². The molecule has 1 aromatic rings. The number of alkyl carbamates (subject to hydrolysis) is 1. The fourth-order valence-corrected chi connectivity index (χ4v) is 2.70. The summed E-state index contributed by atoms with van der Waals surface area (Å²) in [5.74, 6) is -0.502. The van der Waals surface area contributed by atoms with Crippen molar-refractivity contribution in [3.63, 3.8) is 0 Å². The van der Waals surface area contributed by atoms with Crippen molar-refractivity contribution in [2.75, 3.05) is 7.11 Å². The standard InChI is InChI=1S/C13H18BrNO4S/c1-13(2,3)19-12(17)15-9(11(16)18-4)5-8-6-10(14)20-7-8/h6-7,9H,5H2,1-4H3,(H,15,17)/t9-/m1/s1. The molecule has 7 heteroatoms. The molecule has 1 rings (SSSR count). The Bertz CT molecular complexity index is 481. The van der Waals surface area contributed by atoms with Crippen LogP contribution in [0.1, 0.15) is 26.3 Å². The van der Waals surface area contributed by atoms with E-state index in [1.54, 1.807) is 20.8 Å². The molecule has 1 aromatic heterocycles. The third-order valence-corrected chi connectivity index (χ3v) is 3.79. The Labute approximate surface area is 130 Å². The van der Waals surface area contributed by atoms with E-state index in [1.807, 2.05) is 11.4 Å². The Morgan fingerprint density at radius 2 is 2.10 bits per heavy atom. The second kappa shape index (κ2) is 7.08. The maximum atomic E-state index is 11.7. The van der Waals surface area contributed by atoms with Crippen LogP contribution in [0.5, 0.6) is 0 Å². The molecule has 0 aliphatic rings. The lowest BCUT2D eigenvalue weighted by molar-refractivity contribution is -0.143. The number of thiophene rings is 1. The number of ether oxygens (including phenoxy) is 2. The molecule has 1 N–H and O–H groups in total. The molecule has 1 amide bonds. The molecule has 0 aromatic carbocycles. The first-order chi connectivity index (χ1) is 9.21. The van der Waals surface area contributed by atoms with Gasteiger partial charge in [0, 0.05) is 6.42 Å². The predicted molar refractivity (Wildman–Crippen MR) is 80.9 cm³/mol. The first kappa shape index (κ1) is 17.0. The lowest BCUT2D eigenvalue weighted by Crippen LogP contribution is -2.45. The molecule has 0 radical (unpaired) electrons. The van der Waals surface area contributed by atoms with Gasteiger partial charge in [0.15, 0.2) is 0 Å². The summed E-state index contributed by atoms with van der Waals surface area (Å²) >= 11 is 4.87. The molecular formula is C13H18BrNO4S. The first-order valence-electron chi connectivity index (χ1n) is 6.01. The summed E-state index contributed by atoms with van der Waals surface area (Å²) < 4.78 is 10.8. The van der Waals surface area contributed by atoms with E-state index in [2.05, 4.69) is 21.2 Å². The van der Waals surface area contributed by atoms with E-state index in [9.17, 15) is 9.59 Å². The maximum Gasteiger partial charge on any atom is 0.408 e. The summed E-state index contributed by atoms with van der Waals surface area (Å²) in [7, 11) is 1.29. The summed E-state index contributed by atoms with van der Waals surface area (Å²) in [6, 6.07) is 1.13. The van der Waals surface area contributed by atoms with Crippen LogP contribution in [0, 0.1) is 0 Å². The van der Waals surface area contributed by atoms with Gasteiger partial charge in [-0.3, -0.25) is 0 Å². The van der Waals surface area contributed by atoms with Crippen molar-refractivity contribution in [3.8, 4) is 0 Å². The molecule has 0 fully saturated rings. The third-order valence-electron chi connectivity index (χ3n) is 2.24. The number of nitrogens with one attached hydrogen (secondary N) is 1. The SMILES string of the molecule is COC(=O)[C@@H](Cc1csc(Br)c1)NC(=O)OC(C)(C)C. The Balaban J connectivity index is 2.70. The summed E-state index contributed by atoms with van der Waals surface area (Å²) in [6.07, 6.45) is -0.282. The van der Waals surface area contributed by atoms with Gasteiger partial charge in [0.2, 0.25) is 0 Å². The first-order valence-corrected chi connectivity index (χ1v) is 7.69. The van der Waals surface area contributed by atoms with E-state index in [0.717, 1.165) is 9.35 Å². The van der Waals surface area contributed by atoms with Gasteiger partial charge in [0.1, 0.15) is 11.6 Å². The smallest absolute Gasteiger partial charge is 0.408 e. The Hall–Kier alpha value is -1.08. The van der Waals surface area contributed by atoms with Crippen molar-refractivity contribution >= 4 is 39.3 Å². The van der Waals surface area contributed by atoms with Crippen molar-refractivity contribution in [3.05, 3.63) is 20.8 Å². The number of methoxy groups -OCH3 is 1. The zero-order chi connectivity index (χ0) is 15.3. The Kier molecular flexibility index (Phi) is 6.01. The summed E-state index contributed by atoms with van der Waals surface area (Å²) in [5.41, 5.74) is 0.323. The monoisotopic (exact) mass is 363 g/mol. The van der Waals surface area contributed by atoms with Crippen LogP contribution in [0.15, 0.2) is 15.2 Å². The average molecular weight is 364 g/mol. The van der Waals surface area contributed by atoms with Crippen molar-refractivity contribution in [1.82, 2.24) is 5.32 Å². The molecule has 1 heterocycles. The van der Waals surface area contributed by atoms with Crippen LogP contribution >= 0.6 is 27.3 Å². The second-order valence-corrected chi connectivity index (χ2v) is 7.48. The zero-order valence-corrected chi connectivity index (χ0v) is 14.3. The quantitative estimate of drug-likeness (QED) is 0.834. The number of amides is 1. The molecule has 0 saturated carbocycles. The number of halogens is 1. The van der Waals surface area contributed by atoms with Gasteiger partial charge in [-0.15, -0.1) is 11.3 Å². The number of rotatable bonds is 4. The van der Waals surface area contributed by atoms with Gasteiger partial charge >= 0.3 is 12.1 Å². The molecule has 20 heavy (non-hydrogen) atoms. The van der Waals surface area contributed by atoms with E-state index < -0.39 is 23.7 Å². The number of hydrogen-bond acceptors (Lipinski definition) is 5. The van der Waals surface area contributed by atoms with E-state index in [0.29, 0.717) is 6.42 Å². The lowest BCUT2D eigenvalue weighted by atomic mass is 10.1. The molecular weight excluding hydrogens is 346 g/mol. The molecule has 112 valence electrons. The van der Waals surface area contributed by atoms with Crippen molar-refractivity contribution in [1.29, 1.82) is 0 Å². The molecule has 1 atom stereocenters. The summed E-state index contributed by atoms with van der Waals surface area (Å²) in [4.78, 5) is 23.5. The molecule has 0 saturated heterocycles. The second-order valence-electron chi connectivity index (χ2n) is 5.19. The molecule has 0 bridgehead atoms. The zero-order valence-electron chi connectivity index (χ0n) is 11.9. The Morgan fingerprint density at radius 1 is 1.45 bits per heavy atom. The minimum absolute atomic E-state index is 0.355. The van der Waals surface area contributed by atoms with Crippen LogP contribution in [-0.4, -0.2) is 30.8 Å². The highest BCUT2D eigenvalue weighted by Gasteiger charge is 2.25. The normalized spacial score (nSPS) is 12.7. The highest BCUT2D eigenvalue weighted by molar-refractivity contribution is 9.11.